The highest BCUT2D eigenvalue weighted by Gasteiger charge is 2.25. The first-order chi connectivity index (χ1) is 10.2. The Morgan fingerprint density at radius 2 is 1.86 bits per heavy atom. The Morgan fingerprint density at radius 1 is 1.10 bits per heavy atom. The van der Waals surface area contributed by atoms with Gasteiger partial charge in [0.05, 0.1) is 12.7 Å². The predicted molar refractivity (Wildman–Crippen MR) is 84.2 cm³/mol. The van der Waals surface area contributed by atoms with E-state index < -0.39 is 0 Å². The molecule has 1 aliphatic carbocycles. The summed E-state index contributed by atoms with van der Waals surface area (Å²) in [5.74, 6) is 1.26. The molecule has 2 nitrogen and oxygen atoms in total. The smallest absolute Gasteiger partial charge is 0.197 e. The van der Waals surface area contributed by atoms with Gasteiger partial charge < -0.3 is 4.74 Å². The SMILES string of the molecule is COc1ccc(C)cc1C(=O)c1ccccc1C1CCC1. The lowest BCUT2D eigenvalue weighted by atomic mass is 9.77. The van der Waals surface area contributed by atoms with Gasteiger partial charge in [-0.05, 0) is 43.4 Å². The second-order valence-electron chi connectivity index (χ2n) is 5.75. The van der Waals surface area contributed by atoms with E-state index in [1.807, 2.05) is 43.3 Å². The van der Waals surface area contributed by atoms with Crippen LogP contribution in [0.3, 0.4) is 0 Å². The minimum Gasteiger partial charge on any atom is -0.496 e. The Labute approximate surface area is 125 Å². The third kappa shape index (κ3) is 2.58. The summed E-state index contributed by atoms with van der Waals surface area (Å²) in [6, 6.07) is 13.8. The zero-order chi connectivity index (χ0) is 14.8. The van der Waals surface area contributed by atoms with Crippen molar-refractivity contribution in [2.45, 2.75) is 32.1 Å². The molecular weight excluding hydrogens is 260 g/mol. The van der Waals surface area contributed by atoms with E-state index in [-0.39, 0.29) is 5.78 Å². The Bertz CT molecular complexity index is 669. The quantitative estimate of drug-likeness (QED) is 0.771. The van der Waals surface area contributed by atoms with Gasteiger partial charge in [-0.3, -0.25) is 4.79 Å². The first-order valence-electron chi connectivity index (χ1n) is 7.49. The molecule has 1 saturated carbocycles. The number of hydrogen-bond acceptors (Lipinski definition) is 2. The van der Waals surface area contributed by atoms with Gasteiger partial charge in [0, 0.05) is 5.56 Å². The van der Waals surface area contributed by atoms with Crippen molar-refractivity contribution in [2.24, 2.45) is 0 Å². The van der Waals surface area contributed by atoms with Crippen LogP contribution in [0.4, 0.5) is 0 Å². The van der Waals surface area contributed by atoms with Crippen LogP contribution < -0.4 is 4.74 Å². The van der Waals surface area contributed by atoms with Gasteiger partial charge in [-0.2, -0.15) is 0 Å². The normalized spacial score (nSPS) is 14.6. The summed E-state index contributed by atoms with van der Waals surface area (Å²) >= 11 is 0. The van der Waals surface area contributed by atoms with Crippen LogP contribution in [-0.4, -0.2) is 12.9 Å². The standard InChI is InChI=1S/C19H20O2/c1-13-10-11-18(21-2)17(12-13)19(20)16-9-4-3-8-15(16)14-6-5-7-14/h3-4,8-12,14H,5-7H2,1-2H3. The molecular formula is C19H20O2. The van der Waals surface area contributed by atoms with Crippen molar-refractivity contribution in [3.05, 3.63) is 64.7 Å². The number of benzene rings is 2. The van der Waals surface area contributed by atoms with E-state index in [1.54, 1.807) is 7.11 Å². The number of methoxy groups -OCH3 is 1. The summed E-state index contributed by atoms with van der Waals surface area (Å²) in [6.45, 7) is 1.99. The van der Waals surface area contributed by atoms with Crippen LogP contribution in [0.1, 0.15) is 52.2 Å². The van der Waals surface area contributed by atoms with Crippen LogP contribution >= 0.6 is 0 Å². The summed E-state index contributed by atoms with van der Waals surface area (Å²) in [5, 5.41) is 0. The minimum atomic E-state index is 0.0676. The van der Waals surface area contributed by atoms with E-state index in [9.17, 15) is 4.79 Å². The number of hydrogen-bond donors (Lipinski definition) is 0. The predicted octanol–water partition coefficient (Wildman–Crippen LogP) is 4.50. The number of carbonyl (C=O) groups is 1. The van der Waals surface area contributed by atoms with Crippen LogP contribution in [0.5, 0.6) is 5.75 Å². The van der Waals surface area contributed by atoms with Crippen LogP contribution in [0.15, 0.2) is 42.5 Å². The second kappa shape index (κ2) is 5.72. The summed E-state index contributed by atoms with van der Waals surface area (Å²) in [5.41, 5.74) is 3.74. The molecule has 0 aromatic heterocycles. The molecule has 1 aliphatic rings. The van der Waals surface area contributed by atoms with E-state index in [4.69, 9.17) is 4.74 Å². The van der Waals surface area contributed by atoms with Crippen LogP contribution in [0.25, 0.3) is 0 Å². The molecule has 0 N–H and O–H groups in total. The maximum absolute atomic E-state index is 13.0. The molecule has 2 aromatic carbocycles. The van der Waals surface area contributed by atoms with Gasteiger partial charge in [-0.1, -0.05) is 42.3 Å². The summed E-state index contributed by atoms with van der Waals surface area (Å²) < 4.78 is 5.36. The van der Waals surface area contributed by atoms with Crippen molar-refractivity contribution < 1.29 is 9.53 Å². The van der Waals surface area contributed by atoms with Crippen molar-refractivity contribution in [3.8, 4) is 5.75 Å². The number of rotatable bonds is 4. The summed E-state index contributed by atoms with van der Waals surface area (Å²) in [4.78, 5) is 13.0. The highest BCUT2D eigenvalue weighted by molar-refractivity contribution is 6.11. The minimum absolute atomic E-state index is 0.0676. The van der Waals surface area contributed by atoms with Gasteiger partial charge in [-0.15, -0.1) is 0 Å². The average Bonchev–Trinajstić information content (AvgIpc) is 2.45. The summed E-state index contributed by atoms with van der Waals surface area (Å²) in [6.07, 6.45) is 3.64. The molecule has 0 radical (unpaired) electrons. The molecule has 1 fully saturated rings. The third-order valence-electron chi connectivity index (χ3n) is 4.35. The highest BCUT2D eigenvalue weighted by atomic mass is 16.5. The number of ketones is 1. The molecule has 0 saturated heterocycles. The molecule has 108 valence electrons. The first-order valence-corrected chi connectivity index (χ1v) is 7.49. The van der Waals surface area contributed by atoms with Gasteiger partial charge in [-0.25, -0.2) is 0 Å². The van der Waals surface area contributed by atoms with Gasteiger partial charge in [0.15, 0.2) is 5.78 Å². The molecule has 2 heteroatoms. The molecule has 3 rings (SSSR count). The second-order valence-corrected chi connectivity index (χ2v) is 5.75. The van der Waals surface area contributed by atoms with Crippen molar-refractivity contribution in [3.63, 3.8) is 0 Å². The van der Waals surface area contributed by atoms with Gasteiger partial charge in [0.25, 0.3) is 0 Å². The largest absolute Gasteiger partial charge is 0.496 e. The zero-order valence-electron chi connectivity index (χ0n) is 12.6. The van der Waals surface area contributed by atoms with Crippen molar-refractivity contribution in [1.82, 2.24) is 0 Å². The monoisotopic (exact) mass is 280 g/mol. The van der Waals surface area contributed by atoms with Crippen molar-refractivity contribution >= 4 is 5.78 Å². The maximum atomic E-state index is 13.0. The fourth-order valence-corrected chi connectivity index (χ4v) is 2.92. The average molecular weight is 280 g/mol. The zero-order valence-corrected chi connectivity index (χ0v) is 12.6. The molecule has 0 spiro atoms. The Hall–Kier alpha value is -2.09. The molecule has 21 heavy (non-hydrogen) atoms. The van der Waals surface area contributed by atoms with Gasteiger partial charge in [0.2, 0.25) is 0 Å². The lowest BCUT2D eigenvalue weighted by Crippen LogP contribution is -2.15. The maximum Gasteiger partial charge on any atom is 0.197 e. The molecule has 0 unspecified atom stereocenters. The van der Waals surface area contributed by atoms with Gasteiger partial charge in [0.1, 0.15) is 5.75 Å². The first kappa shape index (κ1) is 13.9. The molecule has 2 aromatic rings. The molecule has 0 amide bonds. The molecule has 0 aliphatic heterocycles. The van der Waals surface area contributed by atoms with E-state index in [1.165, 1.54) is 24.8 Å². The topological polar surface area (TPSA) is 26.3 Å². The van der Waals surface area contributed by atoms with Crippen LogP contribution in [-0.2, 0) is 0 Å². The van der Waals surface area contributed by atoms with E-state index in [0.29, 0.717) is 17.2 Å². The van der Waals surface area contributed by atoms with E-state index in [2.05, 4.69) is 6.07 Å². The molecule has 0 bridgehead atoms. The highest BCUT2D eigenvalue weighted by Crippen LogP contribution is 2.39. The fourth-order valence-electron chi connectivity index (χ4n) is 2.92. The van der Waals surface area contributed by atoms with Gasteiger partial charge >= 0.3 is 0 Å². The molecule has 0 atom stereocenters. The van der Waals surface area contributed by atoms with Crippen LogP contribution in [0.2, 0.25) is 0 Å². The number of ether oxygens (including phenoxy) is 1. The lowest BCUT2D eigenvalue weighted by molar-refractivity contribution is 0.103. The van der Waals surface area contributed by atoms with E-state index >= 15 is 0 Å². The molecule has 0 heterocycles. The fraction of sp³-hybridized carbons (Fsp3) is 0.316. The lowest BCUT2D eigenvalue weighted by Gasteiger charge is -2.27. The number of aryl methyl sites for hydroxylation is 1. The van der Waals surface area contributed by atoms with E-state index in [0.717, 1.165) is 11.1 Å². The summed E-state index contributed by atoms with van der Waals surface area (Å²) in [7, 11) is 1.61. The third-order valence-corrected chi connectivity index (χ3v) is 4.35. The Kier molecular flexibility index (Phi) is 3.78. The van der Waals surface area contributed by atoms with Crippen LogP contribution in [0, 0.1) is 6.92 Å². The van der Waals surface area contributed by atoms with Crippen molar-refractivity contribution in [2.75, 3.05) is 7.11 Å². The Morgan fingerprint density at radius 3 is 2.52 bits per heavy atom. The van der Waals surface area contributed by atoms with Crippen molar-refractivity contribution in [1.29, 1.82) is 0 Å². The Balaban J connectivity index is 2.05. The number of carbonyl (C=O) groups excluding carboxylic acids is 1.